The molecule has 0 aromatic heterocycles. The summed E-state index contributed by atoms with van der Waals surface area (Å²) in [7, 11) is 0. The van der Waals surface area contributed by atoms with Crippen LogP contribution in [-0.4, -0.2) is 11.8 Å². The van der Waals surface area contributed by atoms with Crippen LogP contribution in [0.15, 0.2) is 18.2 Å². The Labute approximate surface area is 103 Å². The van der Waals surface area contributed by atoms with E-state index < -0.39 is 23.8 Å². The third kappa shape index (κ3) is 2.17. The van der Waals surface area contributed by atoms with E-state index in [-0.39, 0.29) is 22.8 Å². The lowest BCUT2D eigenvalue weighted by Gasteiger charge is -2.17. The maximum Gasteiger partial charge on any atom is 0.307 e. The molecule has 1 aliphatic rings. The molecule has 0 bridgehead atoms. The summed E-state index contributed by atoms with van der Waals surface area (Å²) < 4.78 is 18.7. The van der Waals surface area contributed by atoms with E-state index in [2.05, 4.69) is 0 Å². The van der Waals surface area contributed by atoms with Crippen LogP contribution in [0, 0.1) is 11.7 Å². The zero-order chi connectivity index (χ0) is 12.6. The zero-order valence-electron chi connectivity index (χ0n) is 9.07. The van der Waals surface area contributed by atoms with Crippen LogP contribution >= 0.6 is 11.6 Å². The number of Topliss-reactive ketones (excluding diaryl/α,β-unsaturated/α-hetero) is 1. The number of benzene rings is 1. The number of esters is 1. The standard InChI is InChI=1S/C12H10ClFO3/c1-6(15)7-5-10(16)17-12(7)11-8(13)3-2-4-9(11)14/h2-4,7,12H,5H2,1H3/t7-,12+/m0/s1. The molecule has 3 nitrogen and oxygen atoms in total. The van der Waals surface area contributed by atoms with Crippen molar-refractivity contribution in [1.29, 1.82) is 0 Å². The van der Waals surface area contributed by atoms with Crippen molar-refractivity contribution in [2.45, 2.75) is 19.4 Å². The van der Waals surface area contributed by atoms with Crippen LogP contribution in [0.25, 0.3) is 0 Å². The molecule has 2 rings (SSSR count). The first-order chi connectivity index (χ1) is 8.00. The fourth-order valence-corrected chi connectivity index (χ4v) is 2.23. The molecular weight excluding hydrogens is 247 g/mol. The second-order valence-corrected chi connectivity index (χ2v) is 4.37. The van der Waals surface area contributed by atoms with Gasteiger partial charge in [0.25, 0.3) is 0 Å². The SMILES string of the molecule is CC(=O)[C@@H]1CC(=O)O[C@H]1c1c(F)cccc1Cl. The predicted molar refractivity (Wildman–Crippen MR) is 59.0 cm³/mol. The lowest BCUT2D eigenvalue weighted by atomic mass is 9.92. The molecular formula is C12H10ClFO3. The Balaban J connectivity index is 2.45. The number of carbonyl (C=O) groups excluding carboxylic acids is 2. The monoisotopic (exact) mass is 256 g/mol. The van der Waals surface area contributed by atoms with E-state index in [0.717, 1.165) is 0 Å². The largest absolute Gasteiger partial charge is 0.456 e. The van der Waals surface area contributed by atoms with Gasteiger partial charge in [-0.25, -0.2) is 4.39 Å². The Hall–Kier alpha value is -1.42. The molecule has 0 saturated carbocycles. The molecule has 5 heteroatoms. The maximum atomic E-state index is 13.7. The molecule has 0 amide bonds. The molecule has 1 heterocycles. The van der Waals surface area contributed by atoms with E-state index in [0.29, 0.717) is 0 Å². The molecule has 1 aromatic rings. The Morgan fingerprint density at radius 3 is 2.82 bits per heavy atom. The molecule has 0 N–H and O–H groups in total. The third-order valence-corrected chi connectivity index (χ3v) is 3.15. The average Bonchev–Trinajstić information content (AvgIpc) is 2.60. The number of cyclic esters (lactones) is 1. The van der Waals surface area contributed by atoms with Gasteiger partial charge in [-0.15, -0.1) is 0 Å². The highest BCUT2D eigenvalue weighted by Gasteiger charge is 2.41. The van der Waals surface area contributed by atoms with E-state index >= 15 is 0 Å². The summed E-state index contributed by atoms with van der Waals surface area (Å²) in [6.45, 7) is 1.36. The van der Waals surface area contributed by atoms with Gasteiger partial charge in [0.1, 0.15) is 17.7 Å². The summed E-state index contributed by atoms with van der Waals surface area (Å²) >= 11 is 5.88. The van der Waals surface area contributed by atoms with E-state index in [1.54, 1.807) is 0 Å². The summed E-state index contributed by atoms with van der Waals surface area (Å²) in [5.41, 5.74) is 0.0835. The zero-order valence-corrected chi connectivity index (χ0v) is 9.83. The van der Waals surface area contributed by atoms with Crippen LogP contribution in [-0.2, 0) is 14.3 Å². The van der Waals surface area contributed by atoms with Gasteiger partial charge < -0.3 is 4.74 Å². The molecule has 0 spiro atoms. The van der Waals surface area contributed by atoms with Gasteiger partial charge in [-0.05, 0) is 19.1 Å². The van der Waals surface area contributed by atoms with Crippen LogP contribution in [0.1, 0.15) is 25.0 Å². The number of carbonyl (C=O) groups is 2. The smallest absolute Gasteiger partial charge is 0.307 e. The molecule has 1 saturated heterocycles. The second-order valence-electron chi connectivity index (χ2n) is 3.97. The molecule has 1 aromatic carbocycles. The molecule has 1 aliphatic heterocycles. The molecule has 90 valence electrons. The first kappa shape index (κ1) is 12.0. The van der Waals surface area contributed by atoms with Crippen LogP contribution in [0.3, 0.4) is 0 Å². The summed E-state index contributed by atoms with van der Waals surface area (Å²) in [6, 6.07) is 4.19. The van der Waals surface area contributed by atoms with Crippen molar-refractivity contribution in [2.75, 3.05) is 0 Å². The van der Waals surface area contributed by atoms with Crippen molar-refractivity contribution >= 4 is 23.4 Å². The number of ketones is 1. The van der Waals surface area contributed by atoms with Crippen molar-refractivity contribution in [3.8, 4) is 0 Å². The lowest BCUT2D eigenvalue weighted by Crippen LogP contribution is -2.16. The normalized spacial score (nSPS) is 23.6. The van der Waals surface area contributed by atoms with Gasteiger partial charge in [-0.3, -0.25) is 9.59 Å². The van der Waals surface area contributed by atoms with Crippen molar-refractivity contribution in [1.82, 2.24) is 0 Å². The Kier molecular flexibility index (Phi) is 3.15. The fraction of sp³-hybridized carbons (Fsp3) is 0.333. The van der Waals surface area contributed by atoms with Gasteiger partial charge >= 0.3 is 5.97 Å². The highest BCUT2D eigenvalue weighted by molar-refractivity contribution is 6.31. The second kappa shape index (κ2) is 4.45. The van der Waals surface area contributed by atoms with Crippen molar-refractivity contribution in [2.24, 2.45) is 5.92 Å². The highest BCUT2D eigenvalue weighted by Crippen LogP contribution is 2.40. The highest BCUT2D eigenvalue weighted by atomic mass is 35.5. The van der Waals surface area contributed by atoms with Gasteiger partial charge in [0, 0.05) is 5.56 Å². The molecule has 2 atom stereocenters. The number of hydrogen-bond donors (Lipinski definition) is 0. The van der Waals surface area contributed by atoms with Gasteiger partial charge in [-0.2, -0.15) is 0 Å². The summed E-state index contributed by atoms with van der Waals surface area (Å²) in [5, 5.41) is 0.163. The first-order valence-electron chi connectivity index (χ1n) is 5.14. The molecule has 0 radical (unpaired) electrons. The van der Waals surface area contributed by atoms with Crippen LogP contribution in [0.5, 0.6) is 0 Å². The quantitative estimate of drug-likeness (QED) is 0.764. The minimum atomic E-state index is -0.909. The topological polar surface area (TPSA) is 43.4 Å². The molecule has 0 aliphatic carbocycles. The van der Waals surface area contributed by atoms with Gasteiger partial charge in [-0.1, -0.05) is 17.7 Å². The van der Waals surface area contributed by atoms with Crippen molar-refractivity contribution in [3.05, 3.63) is 34.6 Å². The molecule has 17 heavy (non-hydrogen) atoms. The Bertz CT molecular complexity index is 466. The van der Waals surface area contributed by atoms with E-state index in [9.17, 15) is 14.0 Å². The van der Waals surface area contributed by atoms with E-state index in [1.165, 1.54) is 25.1 Å². The number of halogens is 2. The van der Waals surface area contributed by atoms with Gasteiger partial charge in [0.15, 0.2) is 0 Å². The molecule has 0 unspecified atom stereocenters. The van der Waals surface area contributed by atoms with Crippen LogP contribution in [0.4, 0.5) is 4.39 Å². The van der Waals surface area contributed by atoms with Gasteiger partial charge in [0.05, 0.1) is 17.4 Å². The van der Waals surface area contributed by atoms with Crippen LogP contribution in [0.2, 0.25) is 5.02 Å². The predicted octanol–water partition coefficient (Wildman–Crippen LogP) is 2.67. The van der Waals surface area contributed by atoms with E-state index in [4.69, 9.17) is 16.3 Å². The Morgan fingerprint density at radius 1 is 1.53 bits per heavy atom. The summed E-state index contributed by atoms with van der Waals surface area (Å²) in [5.74, 6) is -1.94. The van der Waals surface area contributed by atoms with Crippen molar-refractivity contribution in [3.63, 3.8) is 0 Å². The summed E-state index contributed by atoms with van der Waals surface area (Å²) in [4.78, 5) is 22.6. The van der Waals surface area contributed by atoms with Crippen LogP contribution < -0.4 is 0 Å². The van der Waals surface area contributed by atoms with Crippen molar-refractivity contribution < 1.29 is 18.7 Å². The Morgan fingerprint density at radius 2 is 2.24 bits per heavy atom. The minimum absolute atomic E-state index is 0.0232. The number of hydrogen-bond acceptors (Lipinski definition) is 3. The first-order valence-corrected chi connectivity index (χ1v) is 5.52. The minimum Gasteiger partial charge on any atom is -0.456 e. The average molecular weight is 257 g/mol. The van der Waals surface area contributed by atoms with Gasteiger partial charge in [0.2, 0.25) is 0 Å². The number of rotatable bonds is 2. The number of ether oxygens (including phenoxy) is 1. The molecule has 1 fully saturated rings. The lowest BCUT2D eigenvalue weighted by molar-refractivity contribution is -0.141. The third-order valence-electron chi connectivity index (χ3n) is 2.82. The fourth-order valence-electron chi connectivity index (χ4n) is 1.96. The maximum absolute atomic E-state index is 13.7. The summed E-state index contributed by atoms with van der Waals surface area (Å²) in [6.07, 6.45) is -0.932. The van der Waals surface area contributed by atoms with E-state index in [1.807, 2.05) is 0 Å².